The lowest BCUT2D eigenvalue weighted by atomic mass is 9.77. The maximum atomic E-state index is 13.3. The van der Waals surface area contributed by atoms with Gasteiger partial charge in [0.25, 0.3) is 0 Å². The molecule has 42 heavy (non-hydrogen) atoms. The number of benzene rings is 3. The Bertz CT molecular complexity index is 1580. The van der Waals surface area contributed by atoms with E-state index in [9.17, 15) is 14.7 Å². The van der Waals surface area contributed by atoms with Gasteiger partial charge in [0.15, 0.2) is 23.7 Å². The lowest BCUT2D eigenvalue weighted by molar-refractivity contribution is -0.165. The maximum absolute atomic E-state index is 13.3. The monoisotopic (exact) mass is 571 g/mol. The number of aliphatic hydroxyl groups is 1. The van der Waals surface area contributed by atoms with Gasteiger partial charge in [-0.2, -0.15) is 0 Å². The zero-order chi connectivity index (χ0) is 28.8. The van der Waals surface area contributed by atoms with Gasteiger partial charge < -0.3 is 28.8 Å². The first-order valence-corrected chi connectivity index (χ1v) is 14.4. The van der Waals surface area contributed by atoms with E-state index >= 15 is 0 Å². The Kier molecular flexibility index (Phi) is 6.79. The summed E-state index contributed by atoms with van der Waals surface area (Å²) in [6.07, 6.45) is 1.84. The summed E-state index contributed by atoms with van der Waals surface area (Å²) in [5.74, 6) is 0.0763. The van der Waals surface area contributed by atoms with Crippen LogP contribution < -0.4 is 9.47 Å². The predicted molar refractivity (Wildman–Crippen MR) is 152 cm³/mol. The minimum absolute atomic E-state index is 0.0362. The Morgan fingerprint density at radius 1 is 1.10 bits per heavy atom. The van der Waals surface area contributed by atoms with Crippen LogP contribution in [0.3, 0.4) is 0 Å². The SMILES string of the molecule is COC1=CC23CCCN2CCc2cc4c(cc2[C@@H]3C1OC(=O)[C@H](O)CC(=O)OCc1cccc2ccccc12)OCO4. The fraction of sp³-hybridized carbons (Fsp3) is 0.394. The number of hydrogen-bond acceptors (Lipinski definition) is 9. The highest BCUT2D eigenvalue weighted by Gasteiger charge is 2.58. The van der Waals surface area contributed by atoms with E-state index in [0.717, 1.165) is 59.8 Å². The Morgan fingerprint density at radius 3 is 2.76 bits per heavy atom. The molecule has 2 unspecified atom stereocenters. The molecule has 3 aromatic rings. The lowest BCUT2D eigenvalue weighted by Crippen LogP contribution is -2.47. The molecule has 0 radical (unpaired) electrons. The van der Waals surface area contributed by atoms with Crippen LogP contribution in [-0.4, -0.2) is 66.7 Å². The third-order valence-electron chi connectivity index (χ3n) is 9.11. The van der Waals surface area contributed by atoms with Gasteiger partial charge in [-0.15, -0.1) is 0 Å². The molecule has 1 aliphatic carbocycles. The van der Waals surface area contributed by atoms with E-state index in [1.807, 2.05) is 54.6 Å². The summed E-state index contributed by atoms with van der Waals surface area (Å²) in [6.45, 7) is 1.98. The van der Waals surface area contributed by atoms with Crippen molar-refractivity contribution in [1.82, 2.24) is 4.90 Å². The Morgan fingerprint density at radius 2 is 1.90 bits per heavy atom. The molecule has 0 amide bonds. The summed E-state index contributed by atoms with van der Waals surface area (Å²) in [6, 6.07) is 17.6. The van der Waals surface area contributed by atoms with Gasteiger partial charge in [0.05, 0.1) is 25.0 Å². The molecule has 1 saturated heterocycles. The highest BCUT2D eigenvalue weighted by molar-refractivity contribution is 5.86. The van der Waals surface area contributed by atoms with Gasteiger partial charge in [0.1, 0.15) is 12.4 Å². The van der Waals surface area contributed by atoms with Gasteiger partial charge in [0.2, 0.25) is 6.79 Å². The summed E-state index contributed by atoms with van der Waals surface area (Å²) in [7, 11) is 1.56. The first kappa shape index (κ1) is 26.8. The van der Waals surface area contributed by atoms with Crippen LogP contribution in [0.5, 0.6) is 11.5 Å². The van der Waals surface area contributed by atoms with Crippen molar-refractivity contribution in [2.75, 3.05) is 27.0 Å². The molecule has 9 heteroatoms. The first-order valence-electron chi connectivity index (χ1n) is 14.4. The second kappa shape index (κ2) is 10.6. The highest BCUT2D eigenvalue weighted by atomic mass is 16.7. The van der Waals surface area contributed by atoms with Crippen molar-refractivity contribution in [2.45, 2.75) is 56.0 Å². The number of carbonyl (C=O) groups is 2. The normalized spacial score (nSPS) is 24.7. The number of fused-ring (bicyclic) bond motifs is 4. The molecule has 1 fully saturated rings. The fourth-order valence-corrected chi connectivity index (χ4v) is 7.17. The van der Waals surface area contributed by atoms with Crippen LogP contribution in [0, 0.1) is 0 Å². The van der Waals surface area contributed by atoms with Gasteiger partial charge in [0, 0.05) is 6.54 Å². The molecule has 0 saturated carbocycles. The van der Waals surface area contributed by atoms with Crippen molar-refractivity contribution in [3.05, 3.63) is 83.1 Å². The molecule has 1 spiro atoms. The molecular formula is C33H33NO8. The summed E-state index contributed by atoms with van der Waals surface area (Å²) in [5.41, 5.74) is 2.59. The average Bonchev–Trinajstić information content (AvgIpc) is 3.69. The number of rotatable bonds is 7. The molecule has 218 valence electrons. The number of methoxy groups -OCH3 is 1. The van der Waals surface area contributed by atoms with Crippen molar-refractivity contribution >= 4 is 22.7 Å². The summed E-state index contributed by atoms with van der Waals surface area (Å²) in [4.78, 5) is 28.4. The molecule has 3 aliphatic heterocycles. The quantitative estimate of drug-likeness (QED) is 0.422. The maximum Gasteiger partial charge on any atom is 0.336 e. The fourth-order valence-electron chi connectivity index (χ4n) is 7.17. The van der Waals surface area contributed by atoms with Crippen LogP contribution in [0.1, 0.15) is 41.9 Å². The molecule has 0 bridgehead atoms. The van der Waals surface area contributed by atoms with Crippen LogP contribution in [0.2, 0.25) is 0 Å². The van der Waals surface area contributed by atoms with E-state index in [1.54, 1.807) is 7.11 Å². The standard InChI is InChI=1S/C33H33NO8/c1-38-28-17-33-11-5-12-34(33)13-10-21-14-26-27(41-19-40-26)15-24(21)30(33)31(28)42-32(37)25(35)16-29(36)39-18-22-8-4-7-20-6-2-3-9-23(20)22/h2-4,6-9,14-15,17,25,30-31,35H,5,10-13,16,18-19H2,1H3/t25-,30-,31?,33?/m1/s1. The Labute approximate surface area is 243 Å². The van der Waals surface area contributed by atoms with E-state index < -0.39 is 36.1 Å². The van der Waals surface area contributed by atoms with Crippen molar-refractivity contribution < 1.29 is 38.4 Å². The van der Waals surface area contributed by atoms with Crippen molar-refractivity contribution in [1.29, 1.82) is 0 Å². The van der Waals surface area contributed by atoms with E-state index in [0.29, 0.717) is 17.3 Å². The zero-order valence-corrected chi connectivity index (χ0v) is 23.4. The van der Waals surface area contributed by atoms with Crippen LogP contribution in [0.4, 0.5) is 0 Å². The first-order chi connectivity index (χ1) is 20.5. The number of aliphatic hydroxyl groups excluding tert-OH is 1. The zero-order valence-electron chi connectivity index (χ0n) is 23.4. The second-order valence-corrected chi connectivity index (χ2v) is 11.3. The second-order valence-electron chi connectivity index (χ2n) is 11.3. The Balaban J connectivity index is 1.09. The van der Waals surface area contributed by atoms with Crippen molar-refractivity contribution in [2.24, 2.45) is 0 Å². The van der Waals surface area contributed by atoms with E-state index in [4.69, 9.17) is 23.7 Å². The molecule has 7 rings (SSSR count). The molecule has 4 aliphatic rings. The van der Waals surface area contributed by atoms with Crippen LogP contribution in [0.15, 0.2) is 66.4 Å². The van der Waals surface area contributed by atoms with E-state index in [1.165, 1.54) is 0 Å². The third-order valence-corrected chi connectivity index (χ3v) is 9.11. The van der Waals surface area contributed by atoms with Gasteiger partial charge in [-0.05, 0) is 71.5 Å². The molecule has 9 nitrogen and oxygen atoms in total. The van der Waals surface area contributed by atoms with Crippen molar-refractivity contribution in [3.63, 3.8) is 0 Å². The van der Waals surface area contributed by atoms with E-state index in [-0.39, 0.29) is 19.3 Å². The molecule has 4 atom stereocenters. The topological polar surface area (TPSA) is 104 Å². The minimum atomic E-state index is -1.68. The van der Waals surface area contributed by atoms with Gasteiger partial charge in [-0.3, -0.25) is 9.69 Å². The number of nitrogens with zero attached hydrogens (tertiary/aromatic N) is 1. The number of hydrogen-bond donors (Lipinski definition) is 1. The molecule has 1 N–H and O–H groups in total. The summed E-state index contributed by atoms with van der Waals surface area (Å²) >= 11 is 0. The average molecular weight is 572 g/mol. The largest absolute Gasteiger partial charge is 0.497 e. The lowest BCUT2D eigenvalue weighted by Gasteiger charge is -2.39. The van der Waals surface area contributed by atoms with Gasteiger partial charge in [-0.1, -0.05) is 42.5 Å². The molecule has 3 aromatic carbocycles. The van der Waals surface area contributed by atoms with Gasteiger partial charge >= 0.3 is 11.9 Å². The van der Waals surface area contributed by atoms with Crippen LogP contribution in [-0.2, 0) is 36.8 Å². The Hall–Kier alpha value is -4.08. The molecule has 3 heterocycles. The van der Waals surface area contributed by atoms with Crippen molar-refractivity contribution in [3.8, 4) is 11.5 Å². The highest BCUT2D eigenvalue weighted by Crippen LogP contribution is 2.55. The summed E-state index contributed by atoms with van der Waals surface area (Å²) in [5, 5.41) is 12.8. The number of carbonyl (C=O) groups excluding carboxylic acids is 2. The minimum Gasteiger partial charge on any atom is -0.497 e. The molecule has 0 aromatic heterocycles. The van der Waals surface area contributed by atoms with E-state index in [2.05, 4.69) is 11.0 Å². The third kappa shape index (κ3) is 4.48. The molecular weight excluding hydrogens is 538 g/mol. The smallest absolute Gasteiger partial charge is 0.336 e. The van der Waals surface area contributed by atoms with Gasteiger partial charge in [-0.25, -0.2) is 4.79 Å². The number of ether oxygens (including phenoxy) is 5. The van der Waals surface area contributed by atoms with Crippen LogP contribution in [0.25, 0.3) is 10.8 Å². The number of esters is 2. The van der Waals surface area contributed by atoms with Crippen LogP contribution >= 0.6 is 0 Å². The summed E-state index contributed by atoms with van der Waals surface area (Å²) < 4.78 is 28.6. The predicted octanol–water partition coefficient (Wildman–Crippen LogP) is 3.99.